The first-order chi connectivity index (χ1) is 9.65. The molecule has 5 heteroatoms. The fourth-order valence-corrected chi connectivity index (χ4v) is 2.05. The number of anilines is 2. The molecule has 2 rings (SSSR count). The van der Waals surface area contributed by atoms with Crippen LogP contribution < -0.4 is 15.4 Å². The number of aromatic nitrogens is 1. The van der Waals surface area contributed by atoms with E-state index in [-0.39, 0.29) is 0 Å². The predicted octanol–water partition coefficient (Wildman–Crippen LogP) is 2.18. The molecule has 102 valence electrons. The van der Waals surface area contributed by atoms with E-state index in [1.807, 2.05) is 30.1 Å². The van der Waals surface area contributed by atoms with Crippen LogP contribution in [0.1, 0.15) is 11.1 Å². The summed E-state index contributed by atoms with van der Waals surface area (Å²) in [5, 5.41) is 9.10. The first kappa shape index (κ1) is 13.7. The van der Waals surface area contributed by atoms with E-state index in [4.69, 9.17) is 15.7 Å². The summed E-state index contributed by atoms with van der Waals surface area (Å²) >= 11 is 0. The molecule has 0 atom stereocenters. The second-order valence-electron chi connectivity index (χ2n) is 4.44. The number of pyridine rings is 1. The Labute approximate surface area is 118 Å². The SMILES string of the molecule is COc1ccc(CN(C)c2ccncc2N)cc1C#N. The summed E-state index contributed by atoms with van der Waals surface area (Å²) in [5.41, 5.74) is 8.98. The van der Waals surface area contributed by atoms with Gasteiger partial charge in [-0.1, -0.05) is 6.07 Å². The molecule has 0 bridgehead atoms. The second-order valence-corrected chi connectivity index (χ2v) is 4.44. The number of nitriles is 1. The summed E-state index contributed by atoms with van der Waals surface area (Å²) in [7, 11) is 3.50. The summed E-state index contributed by atoms with van der Waals surface area (Å²) in [4.78, 5) is 5.99. The van der Waals surface area contributed by atoms with Crippen molar-refractivity contribution in [1.29, 1.82) is 5.26 Å². The van der Waals surface area contributed by atoms with Gasteiger partial charge in [0.05, 0.1) is 30.2 Å². The summed E-state index contributed by atoms with van der Waals surface area (Å²) < 4.78 is 5.14. The molecule has 0 aliphatic rings. The molecule has 1 heterocycles. The van der Waals surface area contributed by atoms with Crippen LogP contribution in [0.4, 0.5) is 11.4 Å². The molecule has 0 aliphatic carbocycles. The number of benzene rings is 1. The van der Waals surface area contributed by atoms with Crippen LogP contribution in [0.3, 0.4) is 0 Å². The zero-order valence-electron chi connectivity index (χ0n) is 11.5. The molecule has 0 spiro atoms. The molecule has 0 unspecified atom stereocenters. The number of nitrogens with two attached hydrogens (primary N) is 1. The van der Waals surface area contributed by atoms with Crippen LogP contribution in [0.5, 0.6) is 5.75 Å². The molecule has 0 fully saturated rings. The van der Waals surface area contributed by atoms with Crippen molar-refractivity contribution in [1.82, 2.24) is 4.98 Å². The van der Waals surface area contributed by atoms with E-state index in [0.29, 0.717) is 23.5 Å². The highest BCUT2D eigenvalue weighted by Crippen LogP contribution is 2.24. The van der Waals surface area contributed by atoms with Crippen LogP contribution in [0.2, 0.25) is 0 Å². The molecule has 0 saturated heterocycles. The van der Waals surface area contributed by atoms with Gasteiger partial charge < -0.3 is 15.4 Å². The number of ether oxygens (including phenoxy) is 1. The molecular formula is C15H16N4O. The van der Waals surface area contributed by atoms with Gasteiger partial charge in [0.1, 0.15) is 11.8 Å². The van der Waals surface area contributed by atoms with Crippen molar-refractivity contribution in [2.24, 2.45) is 0 Å². The fourth-order valence-electron chi connectivity index (χ4n) is 2.05. The Morgan fingerprint density at radius 1 is 1.40 bits per heavy atom. The van der Waals surface area contributed by atoms with Crippen molar-refractivity contribution in [3.8, 4) is 11.8 Å². The maximum Gasteiger partial charge on any atom is 0.136 e. The lowest BCUT2D eigenvalue weighted by atomic mass is 10.1. The minimum Gasteiger partial charge on any atom is -0.495 e. The molecule has 2 N–H and O–H groups in total. The molecule has 5 nitrogen and oxygen atoms in total. The highest BCUT2D eigenvalue weighted by molar-refractivity contribution is 5.65. The van der Waals surface area contributed by atoms with E-state index >= 15 is 0 Å². The Bertz CT molecular complexity index is 649. The van der Waals surface area contributed by atoms with Crippen LogP contribution >= 0.6 is 0 Å². The Morgan fingerprint density at radius 3 is 2.85 bits per heavy atom. The summed E-state index contributed by atoms with van der Waals surface area (Å²) in [6, 6.07) is 9.57. The van der Waals surface area contributed by atoms with Crippen molar-refractivity contribution in [2.45, 2.75) is 6.54 Å². The summed E-state index contributed by atoms with van der Waals surface area (Å²) in [6.45, 7) is 0.646. The van der Waals surface area contributed by atoms with Crippen molar-refractivity contribution in [3.63, 3.8) is 0 Å². The first-order valence-electron chi connectivity index (χ1n) is 6.13. The lowest BCUT2D eigenvalue weighted by Crippen LogP contribution is -2.18. The molecule has 2 aromatic rings. The second kappa shape index (κ2) is 5.93. The van der Waals surface area contributed by atoms with Gasteiger partial charge in [0, 0.05) is 19.8 Å². The van der Waals surface area contributed by atoms with Crippen molar-refractivity contribution in [2.75, 3.05) is 24.8 Å². The van der Waals surface area contributed by atoms with Gasteiger partial charge in [-0.15, -0.1) is 0 Å². The first-order valence-corrected chi connectivity index (χ1v) is 6.13. The molecule has 20 heavy (non-hydrogen) atoms. The molecule has 1 aromatic carbocycles. The molecule has 0 amide bonds. The van der Waals surface area contributed by atoms with Gasteiger partial charge >= 0.3 is 0 Å². The van der Waals surface area contributed by atoms with E-state index in [2.05, 4.69) is 11.1 Å². The molecule has 1 aromatic heterocycles. The van der Waals surface area contributed by atoms with E-state index in [0.717, 1.165) is 11.3 Å². The Morgan fingerprint density at radius 2 is 2.20 bits per heavy atom. The van der Waals surface area contributed by atoms with Gasteiger partial charge in [-0.25, -0.2) is 0 Å². The van der Waals surface area contributed by atoms with Crippen LogP contribution in [0, 0.1) is 11.3 Å². The van der Waals surface area contributed by atoms with Gasteiger partial charge in [0.2, 0.25) is 0 Å². The summed E-state index contributed by atoms with van der Waals surface area (Å²) in [6.07, 6.45) is 3.33. The largest absolute Gasteiger partial charge is 0.495 e. The van der Waals surface area contributed by atoms with Gasteiger partial charge in [0.25, 0.3) is 0 Å². The van der Waals surface area contributed by atoms with Crippen LogP contribution in [0.15, 0.2) is 36.7 Å². The average Bonchev–Trinajstić information content (AvgIpc) is 2.47. The van der Waals surface area contributed by atoms with Crippen LogP contribution in [-0.2, 0) is 6.54 Å². The average molecular weight is 268 g/mol. The fraction of sp³-hybridized carbons (Fsp3) is 0.200. The van der Waals surface area contributed by atoms with Gasteiger partial charge in [0.15, 0.2) is 0 Å². The van der Waals surface area contributed by atoms with Crippen LogP contribution in [0.25, 0.3) is 0 Å². The molecular weight excluding hydrogens is 252 g/mol. The predicted molar refractivity (Wildman–Crippen MR) is 78.5 cm³/mol. The number of hydrogen-bond acceptors (Lipinski definition) is 5. The topological polar surface area (TPSA) is 75.2 Å². The lowest BCUT2D eigenvalue weighted by molar-refractivity contribution is 0.413. The zero-order chi connectivity index (χ0) is 14.5. The minimum atomic E-state index is 0.529. The standard InChI is InChI=1S/C15H16N4O/c1-19(14-5-6-18-9-13(14)17)10-11-3-4-15(20-2)12(7-11)8-16/h3-7,9H,10,17H2,1-2H3. The monoisotopic (exact) mass is 268 g/mol. The maximum atomic E-state index is 9.10. The van der Waals surface area contributed by atoms with E-state index in [1.165, 1.54) is 0 Å². The lowest BCUT2D eigenvalue weighted by Gasteiger charge is -2.21. The van der Waals surface area contributed by atoms with Crippen molar-refractivity contribution >= 4 is 11.4 Å². The van der Waals surface area contributed by atoms with Gasteiger partial charge in [-0.3, -0.25) is 4.98 Å². The number of nitrogens with zero attached hydrogens (tertiary/aromatic N) is 3. The minimum absolute atomic E-state index is 0.529. The molecule has 0 aliphatic heterocycles. The van der Waals surface area contributed by atoms with E-state index < -0.39 is 0 Å². The smallest absolute Gasteiger partial charge is 0.136 e. The third-order valence-corrected chi connectivity index (χ3v) is 3.04. The highest BCUT2D eigenvalue weighted by Gasteiger charge is 2.08. The highest BCUT2D eigenvalue weighted by atomic mass is 16.5. The Hall–Kier alpha value is -2.74. The van der Waals surface area contributed by atoms with Gasteiger partial charge in [-0.05, 0) is 23.8 Å². The normalized spacial score (nSPS) is 9.85. The number of hydrogen-bond donors (Lipinski definition) is 1. The molecule has 0 radical (unpaired) electrons. The quantitative estimate of drug-likeness (QED) is 0.919. The Kier molecular flexibility index (Phi) is 4.06. The third-order valence-electron chi connectivity index (χ3n) is 3.04. The van der Waals surface area contributed by atoms with Gasteiger partial charge in [-0.2, -0.15) is 5.26 Å². The van der Waals surface area contributed by atoms with Crippen molar-refractivity contribution in [3.05, 3.63) is 47.8 Å². The maximum absolute atomic E-state index is 9.10. The number of nitrogen functional groups attached to an aromatic ring is 1. The number of rotatable bonds is 4. The molecule has 0 saturated carbocycles. The van der Waals surface area contributed by atoms with Crippen LogP contribution in [-0.4, -0.2) is 19.1 Å². The van der Waals surface area contributed by atoms with Crippen molar-refractivity contribution < 1.29 is 4.74 Å². The number of methoxy groups -OCH3 is 1. The van der Waals surface area contributed by atoms with E-state index in [1.54, 1.807) is 25.6 Å². The van der Waals surface area contributed by atoms with E-state index in [9.17, 15) is 0 Å². The summed E-state index contributed by atoms with van der Waals surface area (Å²) in [5.74, 6) is 0.585. The zero-order valence-corrected chi connectivity index (χ0v) is 11.5. The Balaban J connectivity index is 2.22. The third kappa shape index (κ3) is 2.81.